The number of nitrogens with zero attached hydrogens (tertiary/aromatic N) is 3. The normalized spacial score (nSPS) is 13.7. The Morgan fingerprint density at radius 3 is 2.67 bits per heavy atom. The van der Waals surface area contributed by atoms with Gasteiger partial charge in [-0.3, -0.25) is 19.8 Å². The zero-order valence-electron chi connectivity index (χ0n) is 15.8. The molecule has 0 bridgehead atoms. The first-order chi connectivity index (χ1) is 12.6. The van der Waals surface area contributed by atoms with E-state index in [1.807, 2.05) is 0 Å². The molecule has 27 heavy (non-hydrogen) atoms. The monoisotopic (exact) mass is 379 g/mol. The molecular weight excluding hydrogens is 354 g/mol. The van der Waals surface area contributed by atoms with E-state index >= 15 is 0 Å². The van der Waals surface area contributed by atoms with Crippen molar-refractivity contribution in [2.75, 3.05) is 31.1 Å². The van der Waals surface area contributed by atoms with Gasteiger partial charge in [0.25, 0.3) is 5.69 Å². The first kappa shape index (κ1) is 20.6. The Morgan fingerprint density at radius 1 is 1.37 bits per heavy atom. The van der Waals surface area contributed by atoms with Gasteiger partial charge in [0.15, 0.2) is 0 Å². The minimum atomic E-state index is -0.718. The van der Waals surface area contributed by atoms with Crippen LogP contribution < -0.4 is 4.90 Å². The van der Waals surface area contributed by atoms with Crippen LogP contribution in [-0.4, -0.2) is 58.8 Å². The average Bonchev–Trinajstić information content (AvgIpc) is 2.58. The first-order valence-electron chi connectivity index (χ1n) is 8.79. The van der Waals surface area contributed by atoms with E-state index in [1.165, 1.54) is 17.0 Å². The van der Waals surface area contributed by atoms with Gasteiger partial charge >= 0.3 is 6.09 Å². The summed E-state index contributed by atoms with van der Waals surface area (Å²) in [5.74, 6) is -0.330. The van der Waals surface area contributed by atoms with Gasteiger partial charge in [-0.25, -0.2) is 4.79 Å². The highest BCUT2D eigenvalue weighted by molar-refractivity contribution is 5.97. The van der Waals surface area contributed by atoms with Crippen LogP contribution in [0.2, 0.25) is 0 Å². The molecule has 0 radical (unpaired) electrons. The molecule has 2 amide bonds. The minimum Gasteiger partial charge on any atom is -0.444 e. The lowest BCUT2D eigenvalue weighted by molar-refractivity contribution is -0.384. The Balaban J connectivity index is 2.17. The summed E-state index contributed by atoms with van der Waals surface area (Å²) in [6, 6.07) is 4.41. The van der Waals surface area contributed by atoms with Crippen LogP contribution in [0.1, 0.15) is 32.8 Å². The van der Waals surface area contributed by atoms with Crippen molar-refractivity contribution in [2.45, 2.75) is 39.2 Å². The van der Waals surface area contributed by atoms with Gasteiger partial charge in [-0.2, -0.15) is 0 Å². The zero-order chi connectivity index (χ0) is 20.2. The summed E-state index contributed by atoms with van der Waals surface area (Å²) >= 11 is 0. The quantitative estimate of drug-likeness (QED) is 0.619. The van der Waals surface area contributed by atoms with Crippen molar-refractivity contribution in [3.05, 3.63) is 33.9 Å². The van der Waals surface area contributed by atoms with Crippen molar-refractivity contribution in [2.24, 2.45) is 0 Å². The third kappa shape index (κ3) is 5.40. The van der Waals surface area contributed by atoms with Gasteiger partial charge in [0, 0.05) is 30.9 Å². The van der Waals surface area contributed by atoms with Gasteiger partial charge in [0.05, 0.1) is 11.5 Å². The second kappa shape index (κ2) is 8.34. The third-order valence-corrected chi connectivity index (χ3v) is 4.04. The molecule has 0 fully saturated rings. The Bertz CT molecular complexity index is 728. The fourth-order valence-corrected chi connectivity index (χ4v) is 2.89. The Kier molecular flexibility index (Phi) is 6.37. The number of amides is 2. The summed E-state index contributed by atoms with van der Waals surface area (Å²) in [5.41, 5.74) is 0.614. The van der Waals surface area contributed by atoms with Crippen LogP contribution in [-0.2, 0) is 16.0 Å². The van der Waals surface area contributed by atoms with E-state index in [9.17, 15) is 24.8 Å². The number of aliphatic hydroxyl groups is 1. The second-order valence-corrected chi connectivity index (χ2v) is 7.34. The number of carbonyl (C=O) groups is 2. The largest absolute Gasteiger partial charge is 0.444 e. The molecule has 148 valence electrons. The maximum atomic E-state index is 12.8. The predicted molar refractivity (Wildman–Crippen MR) is 98.7 cm³/mol. The molecule has 1 aliphatic heterocycles. The Morgan fingerprint density at radius 2 is 2.07 bits per heavy atom. The number of hydrogen-bond donors (Lipinski definition) is 1. The number of anilines is 1. The van der Waals surface area contributed by atoms with Gasteiger partial charge < -0.3 is 14.7 Å². The van der Waals surface area contributed by atoms with Crippen LogP contribution in [0, 0.1) is 10.1 Å². The Hall–Kier alpha value is -2.68. The number of benzene rings is 1. The summed E-state index contributed by atoms with van der Waals surface area (Å²) < 4.78 is 5.28. The van der Waals surface area contributed by atoms with Crippen molar-refractivity contribution in [1.29, 1.82) is 0 Å². The number of ether oxygens (including phenoxy) is 1. The van der Waals surface area contributed by atoms with Gasteiger partial charge in [0.2, 0.25) is 5.91 Å². The number of aryl methyl sites for hydroxylation is 1. The highest BCUT2D eigenvalue weighted by Crippen LogP contribution is 2.30. The van der Waals surface area contributed by atoms with E-state index in [-0.39, 0.29) is 31.3 Å². The van der Waals surface area contributed by atoms with Crippen molar-refractivity contribution in [3.63, 3.8) is 0 Å². The molecule has 1 aliphatic rings. The SMILES string of the molecule is CC(C)(C)OC(=O)N(CCO)CC(=O)N1CCCc2cc([N+](=O)[O-])ccc21. The molecule has 1 aromatic carbocycles. The molecule has 1 heterocycles. The number of rotatable bonds is 5. The van der Waals surface area contributed by atoms with Crippen LogP contribution >= 0.6 is 0 Å². The molecule has 0 unspecified atom stereocenters. The van der Waals surface area contributed by atoms with E-state index in [1.54, 1.807) is 26.8 Å². The second-order valence-electron chi connectivity index (χ2n) is 7.34. The number of nitro groups is 1. The molecule has 9 heteroatoms. The third-order valence-electron chi connectivity index (χ3n) is 4.04. The molecular formula is C18H25N3O6. The molecule has 1 aromatic rings. The van der Waals surface area contributed by atoms with Crippen LogP contribution in [0.5, 0.6) is 0 Å². The predicted octanol–water partition coefficient (Wildman–Crippen LogP) is 2.10. The zero-order valence-corrected chi connectivity index (χ0v) is 15.8. The maximum absolute atomic E-state index is 12.8. The van der Waals surface area contributed by atoms with Crippen molar-refractivity contribution in [3.8, 4) is 0 Å². The van der Waals surface area contributed by atoms with Gasteiger partial charge in [-0.05, 0) is 45.2 Å². The molecule has 0 atom stereocenters. The van der Waals surface area contributed by atoms with E-state index in [4.69, 9.17) is 4.74 Å². The number of fused-ring (bicyclic) bond motifs is 1. The number of carbonyl (C=O) groups excluding carboxylic acids is 2. The fraction of sp³-hybridized carbons (Fsp3) is 0.556. The molecule has 0 spiro atoms. The molecule has 0 aromatic heterocycles. The highest BCUT2D eigenvalue weighted by Gasteiger charge is 2.29. The standard InChI is InChI=1S/C18H25N3O6/c1-18(2,3)27-17(24)19(9-10-22)12-16(23)20-8-4-5-13-11-14(21(25)26)6-7-15(13)20/h6-7,11,22H,4-5,8-10,12H2,1-3H3. The smallest absolute Gasteiger partial charge is 0.410 e. The van der Waals surface area contributed by atoms with Crippen molar-refractivity contribution in [1.82, 2.24) is 4.90 Å². The number of nitro benzene ring substituents is 1. The van der Waals surface area contributed by atoms with E-state index in [0.29, 0.717) is 25.1 Å². The Labute approximate surface area is 157 Å². The summed E-state index contributed by atoms with van der Waals surface area (Å²) in [4.78, 5) is 38.2. The maximum Gasteiger partial charge on any atom is 0.410 e. The lowest BCUT2D eigenvalue weighted by Crippen LogP contribution is -2.47. The van der Waals surface area contributed by atoms with Crippen LogP contribution in [0.4, 0.5) is 16.2 Å². The average molecular weight is 379 g/mol. The molecule has 0 saturated heterocycles. The lowest BCUT2D eigenvalue weighted by atomic mass is 10.0. The minimum absolute atomic E-state index is 0.0151. The van der Waals surface area contributed by atoms with Crippen LogP contribution in [0.15, 0.2) is 18.2 Å². The summed E-state index contributed by atoms with van der Waals surface area (Å²) in [6.45, 7) is 5.06. The summed E-state index contributed by atoms with van der Waals surface area (Å²) in [5, 5.41) is 20.2. The summed E-state index contributed by atoms with van der Waals surface area (Å²) in [7, 11) is 0. The molecule has 1 N–H and O–H groups in total. The van der Waals surface area contributed by atoms with Gasteiger partial charge in [0.1, 0.15) is 12.1 Å². The number of non-ortho nitro benzene ring substituents is 1. The lowest BCUT2D eigenvalue weighted by Gasteiger charge is -2.32. The fourth-order valence-electron chi connectivity index (χ4n) is 2.89. The van der Waals surface area contributed by atoms with E-state index < -0.39 is 16.6 Å². The first-order valence-corrected chi connectivity index (χ1v) is 8.79. The molecule has 2 rings (SSSR count). The van der Waals surface area contributed by atoms with Crippen LogP contribution in [0.25, 0.3) is 0 Å². The number of aliphatic hydroxyl groups excluding tert-OH is 1. The topological polar surface area (TPSA) is 113 Å². The van der Waals surface area contributed by atoms with Crippen molar-refractivity contribution < 1.29 is 24.4 Å². The van der Waals surface area contributed by atoms with Crippen molar-refractivity contribution >= 4 is 23.4 Å². The number of hydrogen-bond acceptors (Lipinski definition) is 6. The van der Waals surface area contributed by atoms with Gasteiger partial charge in [-0.15, -0.1) is 0 Å². The van der Waals surface area contributed by atoms with E-state index in [2.05, 4.69) is 0 Å². The van der Waals surface area contributed by atoms with Gasteiger partial charge in [-0.1, -0.05) is 0 Å². The molecule has 0 aliphatic carbocycles. The summed E-state index contributed by atoms with van der Waals surface area (Å²) in [6.07, 6.45) is 0.644. The molecule has 0 saturated carbocycles. The molecule has 9 nitrogen and oxygen atoms in total. The van der Waals surface area contributed by atoms with E-state index in [0.717, 1.165) is 10.5 Å². The highest BCUT2D eigenvalue weighted by atomic mass is 16.6. The van der Waals surface area contributed by atoms with Crippen LogP contribution in [0.3, 0.4) is 0 Å².